The third kappa shape index (κ3) is 3.25. The third-order valence-electron chi connectivity index (χ3n) is 1.11. The molecule has 0 N–H and O–H groups in total. The average Bonchev–Trinajstić information content (AvgIpc) is 2.01. The summed E-state index contributed by atoms with van der Waals surface area (Å²) in [5.41, 5.74) is 0. The maximum Gasteiger partial charge on any atom is 0.130 e. The van der Waals surface area contributed by atoms with Gasteiger partial charge < -0.3 is 4.79 Å². The molecule has 1 nitrogen and oxygen atoms in total. The summed E-state index contributed by atoms with van der Waals surface area (Å²) in [6.07, 6.45) is 0.921. The molecule has 0 aromatic heterocycles. The molecule has 0 radical (unpaired) electrons. The topological polar surface area (TPSA) is 17.1 Å². The van der Waals surface area contributed by atoms with Gasteiger partial charge in [0.15, 0.2) is 0 Å². The molecule has 0 aliphatic heterocycles. The van der Waals surface area contributed by atoms with E-state index >= 15 is 0 Å². The third-order valence-corrected chi connectivity index (χ3v) is 2.68. The van der Waals surface area contributed by atoms with Gasteiger partial charge in [0.2, 0.25) is 0 Å². The van der Waals surface area contributed by atoms with E-state index in [9.17, 15) is 4.79 Å². The predicted octanol–water partition coefficient (Wildman–Crippen LogP) is 2.58. The zero-order valence-electron chi connectivity index (χ0n) is 5.79. The standard InChI is InChI=1S/C8H7IOS/c9-7-2-1-3-8(6-7)11-5-4-10/h1-4,6H,5H2. The second-order valence-corrected chi connectivity index (χ2v) is 4.27. The molecule has 3 heteroatoms. The molecular weight excluding hydrogens is 271 g/mol. The van der Waals surface area contributed by atoms with E-state index in [0.29, 0.717) is 5.75 Å². The minimum Gasteiger partial charge on any atom is -0.302 e. The number of carbonyl (C=O) groups excluding carboxylic acids is 1. The van der Waals surface area contributed by atoms with E-state index in [1.165, 1.54) is 3.57 Å². The van der Waals surface area contributed by atoms with Gasteiger partial charge in [0, 0.05) is 8.47 Å². The van der Waals surface area contributed by atoms with Crippen LogP contribution >= 0.6 is 34.4 Å². The normalized spacial score (nSPS) is 9.55. The summed E-state index contributed by atoms with van der Waals surface area (Å²) in [6, 6.07) is 8.10. The number of halogens is 1. The van der Waals surface area contributed by atoms with Crippen molar-refractivity contribution in [2.75, 3.05) is 5.75 Å². The minimum absolute atomic E-state index is 0.542. The SMILES string of the molecule is O=CCSc1cccc(I)c1. The molecular formula is C8H7IOS. The number of thioether (sulfide) groups is 1. The molecule has 0 saturated carbocycles. The molecule has 0 heterocycles. The zero-order chi connectivity index (χ0) is 8.10. The number of hydrogen-bond donors (Lipinski definition) is 0. The highest BCUT2D eigenvalue weighted by molar-refractivity contribution is 14.1. The van der Waals surface area contributed by atoms with E-state index < -0.39 is 0 Å². The monoisotopic (exact) mass is 278 g/mol. The van der Waals surface area contributed by atoms with Gasteiger partial charge in [-0.25, -0.2) is 0 Å². The Balaban J connectivity index is 2.63. The first-order valence-electron chi connectivity index (χ1n) is 3.15. The van der Waals surface area contributed by atoms with Gasteiger partial charge in [-0.2, -0.15) is 0 Å². The summed E-state index contributed by atoms with van der Waals surface area (Å²) in [7, 11) is 0. The van der Waals surface area contributed by atoms with Crippen molar-refractivity contribution in [1.29, 1.82) is 0 Å². The molecule has 0 bridgehead atoms. The summed E-state index contributed by atoms with van der Waals surface area (Å²) in [5, 5.41) is 0. The lowest BCUT2D eigenvalue weighted by atomic mass is 10.4. The molecule has 11 heavy (non-hydrogen) atoms. The fourth-order valence-electron chi connectivity index (χ4n) is 0.687. The molecule has 0 atom stereocenters. The summed E-state index contributed by atoms with van der Waals surface area (Å²) in [5.74, 6) is 0.542. The fraction of sp³-hybridized carbons (Fsp3) is 0.125. The zero-order valence-corrected chi connectivity index (χ0v) is 8.76. The van der Waals surface area contributed by atoms with Crippen molar-refractivity contribution in [3.63, 3.8) is 0 Å². The number of aldehydes is 1. The van der Waals surface area contributed by atoms with E-state index in [4.69, 9.17) is 0 Å². The molecule has 0 aliphatic rings. The maximum absolute atomic E-state index is 10.0. The lowest BCUT2D eigenvalue weighted by Gasteiger charge is -1.96. The van der Waals surface area contributed by atoms with Crippen LogP contribution in [-0.4, -0.2) is 12.0 Å². The van der Waals surface area contributed by atoms with Crippen LogP contribution in [0.25, 0.3) is 0 Å². The Morgan fingerprint density at radius 2 is 2.36 bits per heavy atom. The van der Waals surface area contributed by atoms with E-state index in [0.717, 1.165) is 11.2 Å². The second-order valence-electron chi connectivity index (χ2n) is 1.94. The van der Waals surface area contributed by atoms with Gasteiger partial charge in [-0.15, -0.1) is 11.8 Å². The summed E-state index contributed by atoms with van der Waals surface area (Å²) in [6.45, 7) is 0. The first kappa shape index (κ1) is 9.06. The van der Waals surface area contributed by atoms with Crippen LogP contribution in [0.4, 0.5) is 0 Å². The van der Waals surface area contributed by atoms with Gasteiger partial charge >= 0.3 is 0 Å². The van der Waals surface area contributed by atoms with Crippen LogP contribution in [0, 0.1) is 3.57 Å². The molecule has 58 valence electrons. The smallest absolute Gasteiger partial charge is 0.130 e. The highest BCUT2D eigenvalue weighted by Crippen LogP contribution is 2.18. The molecule has 0 unspecified atom stereocenters. The van der Waals surface area contributed by atoms with Crippen molar-refractivity contribution in [1.82, 2.24) is 0 Å². The van der Waals surface area contributed by atoms with Gasteiger partial charge in [-0.05, 0) is 40.8 Å². The first-order chi connectivity index (χ1) is 5.33. The molecule has 1 rings (SSSR count). The van der Waals surface area contributed by atoms with Crippen molar-refractivity contribution in [2.24, 2.45) is 0 Å². The van der Waals surface area contributed by atoms with Crippen molar-refractivity contribution < 1.29 is 4.79 Å². The Kier molecular flexibility index (Phi) is 3.93. The maximum atomic E-state index is 10.0. The molecule has 0 amide bonds. The largest absolute Gasteiger partial charge is 0.302 e. The van der Waals surface area contributed by atoms with Crippen LogP contribution in [0.2, 0.25) is 0 Å². The van der Waals surface area contributed by atoms with Crippen molar-refractivity contribution in [3.8, 4) is 0 Å². The lowest BCUT2D eigenvalue weighted by Crippen LogP contribution is -1.79. The van der Waals surface area contributed by atoms with Crippen LogP contribution in [-0.2, 0) is 4.79 Å². The van der Waals surface area contributed by atoms with Crippen molar-refractivity contribution in [2.45, 2.75) is 4.90 Å². The highest BCUT2D eigenvalue weighted by atomic mass is 127. The van der Waals surface area contributed by atoms with Gasteiger partial charge in [-0.1, -0.05) is 6.07 Å². The number of hydrogen-bond acceptors (Lipinski definition) is 2. The molecule has 1 aromatic carbocycles. The predicted molar refractivity (Wildman–Crippen MR) is 55.9 cm³/mol. The Morgan fingerprint density at radius 1 is 1.55 bits per heavy atom. The van der Waals surface area contributed by atoms with Gasteiger partial charge in [0.1, 0.15) is 6.29 Å². The van der Waals surface area contributed by atoms with E-state index in [-0.39, 0.29) is 0 Å². The average molecular weight is 278 g/mol. The van der Waals surface area contributed by atoms with E-state index in [1.54, 1.807) is 11.8 Å². The summed E-state index contributed by atoms with van der Waals surface area (Å²) in [4.78, 5) is 11.2. The Hall–Kier alpha value is -0.0300. The quantitative estimate of drug-likeness (QED) is 0.480. The van der Waals surface area contributed by atoms with Crippen molar-refractivity contribution in [3.05, 3.63) is 27.8 Å². The van der Waals surface area contributed by atoms with Crippen LogP contribution in [0.5, 0.6) is 0 Å². The Labute approximate surface area is 83.7 Å². The van der Waals surface area contributed by atoms with Crippen LogP contribution in [0.3, 0.4) is 0 Å². The fourth-order valence-corrected chi connectivity index (χ4v) is 2.09. The van der Waals surface area contributed by atoms with Gasteiger partial charge in [0.25, 0.3) is 0 Å². The van der Waals surface area contributed by atoms with Crippen LogP contribution in [0.15, 0.2) is 29.2 Å². The van der Waals surface area contributed by atoms with Gasteiger partial charge in [0.05, 0.1) is 5.75 Å². The molecule has 0 saturated heterocycles. The number of carbonyl (C=O) groups is 1. The van der Waals surface area contributed by atoms with Crippen molar-refractivity contribution >= 4 is 40.6 Å². The summed E-state index contributed by atoms with van der Waals surface area (Å²) >= 11 is 3.82. The van der Waals surface area contributed by atoms with E-state index in [1.807, 2.05) is 18.2 Å². The van der Waals surface area contributed by atoms with Crippen LogP contribution < -0.4 is 0 Å². The van der Waals surface area contributed by atoms with Gasteiger partial charge in [-0.3, -0.25) is 0 Å². The highest BCUT2D eigenvalue weighted by Gasteiger charge is 1.92. The van der Waals surface area contributed by atoms with Crippen LogP contribution in [0.1, 0.15) is 0 Å². The lowest BCUT2D eigenvalue weighted by molar-refractivity contribution is -0.105. The number of benzene rings is 1. The summed E-state index contributed by atoms with van der Waals surface area (Å²) < 4.78 is 1.21. The first-order valence-corrected chi connectivity index (χ1v) is 5.21. The molecule has 0 aliphatic carbocycles. The Morgan fingerprint density at radius 3 is 3.00 bits per heavy atom. The number of rotatable bonds is 3. The van der Waals surface area contributed by atoms with E-state index in [2.05, 4.69) is 28.7 Å². The second kappa shape index (κ2) is 4.77. The molecule has 0 spiro atoms. The molecule has 0 fully saturated rings. The minimum atomic E-state index is 0.542. The Bertz CT molecular complexity index is 250. The molecule has 1 aromatic rings.